The van der Waals surface area contributed by atoms with Gasteiger partial charge in [-0.1, -0.05) is 6.07 Å². The lowest BCUT2D eigenvalue weighted by molar-refractivity contribution is -0.130. The molecule has 0 bridgehead atoms. The van der Waals surface area contributed by atoms with E-state index in [4.69, 9.17) is 15.2 Å². The van der Waals surface area contributed by atoms with E-state index in [1.807, 2.05) is 18.2 Å². The number of primary amides is 1. The fourth-order valence-electron chi connectivity index (χ4n) is 3.13. The Bertz CT molecular complexity index is 634. The summed E-state index contributed by atoms with van der Waals surface area (Å²) in [6.45, 7) is 5.56. The maximum absolute atomic E-state index is 11.7. The van der Waals surface area contributed by atoms with E-state index in [2.05, 4.69) is 4.90 Å². The van der Waals surface area contributed by atoms with E-state index in [0.717, 1.165) is 17.1 Å². The third-order valence-electron chi connectivity index (χ3n) is 4.47. The van der Waals surface area contributed by atoms with Crippen LogP contribution >= 0.6 is 0 Å². The molecule has 130 valence electrons. The number of amides is 2. The van der Waals surface area contributed by atoms with Gasteiger partial charge in [0.05, 0.1) is 5.92 Å². The van der Waals surface area contributed by atoms with Gasteiger partial charge in [0, 0.05) is 39.6 Å². The molecule has 0 aromatic heterocycles. The Morgan fingerprint density at radius 1 is 1.17 bits per heavy atom. The third-order valence-corrected chi connectivity index (χ3v) is 4.47. The smallest absolute Gasteiger partial charge is 0.223 e. The lowest BCUT2D eigenvalue weighted by Crippen LogP contribution is -2.39. The molecule has 1 aromatic rings. The molecule has 1 fully saturated rings. The largest absolute Gasteiger partial charge is 0.486 e. The number of nitrogens with zero attached hydrogens (tertiary/aromatic N) is 2. The summed E-state index contributed by atoms with van der Waals surface area (Å²) in [4.78, 5) is 27.2. The van der Waals surface area contributed by atoms with Gasteiger partial charge in [-0.3, -0.25) is 14.5 Å². The van der Waals surface area contributed by atoms with E-state index in [9.17, 15) is 9.59 Å². The molecule has 7 heteroatoms. The van der Waals surface area contributed by atoms with Crippen molar-refractivity contribution < 1.29 is 19.1 Å². The monoisotopic (exact) mass is 333 g/mol. The van der Waals surface area contributed by atoms with Crippen LogP contribution in [-0.4, -0.2) is 61.0 Å². The van der Waals surface area contributed by atoms with E-state index in [1.165, 1.54) is 6.92 Å². The summed E-state index contributed by atoms with van der Waals surface area (Å²) in [5.41, 5.74) is 6.59. The summed E-state index contributed by atoms with van der Waals surface area (Å²) < 4.78 is 11.1. The average Bonchev–Trinajstić information content (AvgIpc) is 2.78. The van der Waals surface area contributed by atoms with E-state index >= 15 is 0 Å². The van der Waals surface area contributed by atoms with Crippen LogP contribution in [0.3, 0.4) is 0 Å². The van der Waals surface area contributed by atoms with Gasteiger partial charge in [0.15, 0.2) is 11.5 Å². The van der Waals surface area contributed by atoms with Crippen LogP contribution in [0.4, 0.5) is 0 Å². The minimum Gasteiger partial charge on any atom is -0.486 e. The summed E-state index contributed by atoms with van der Waals surface area (Å²) in [7, 11) is 0. The fourth-order valence-corrected chi connectivity index (χ4v) is 3.13. The summed E-state index contributed by atoms with van der Waals surface area (Å²) in [5.74, 6) is 0.774. The second-order valence-electron chi connectivity index (χ2n) is 6.28. The molecule has 7 nitrogen and oxygen atoms in total. The minimum atomic E-state index is -0.365. The molecule has 0 radical (unpaired) electrons. The van der Waals surface area contributed by atoms with Crippen LogP contribution in [0.5, 0.6) is 11.5 Å². The molecule has 2 amide bonds. The highest BCUT2D eigenvalue weighted by Gasteiger charge is 2.27. The van der Waals surface area contributed by atoms with Gasteiger partial charge in [-0.2, -0.15) is 0 Å². The number of hydrogen-bond acceptors (Lipinski definition) is 5. The number of carbonyl (C=O) groups excluding carboxylic acids is 2. The molecule has 1 atom stereocenters. The number of fused-ring (bicyclic) bond motifs is 1. The maximum atomic E-state index is 11.7. The highest BCUT2D eigenvalue weighted by molar-refractivity contribution is 5.79. The lowest BCUT2D eigenvalue weighted by atomic mass is 10.1. The number of nitrogens with two attached hydrogens (primary N) is 1. The molecule has 0 spiro atoms. The molecule has 1 aromatic carbocycles. The molecule has 24 heavy (non-hydrogen) atoms. The highest BCUT2D eigenvalue weighted by Crippen LogP contribution is 2.31. The van der Waals surface area contributed by atoms with E-state index in [1.54, 1.807) is 4.90 Å². The van der Waals surface area contributed by atoms with Gasteiger partial charge >= 0.3 is 0 Å². The lowest BCUT2D eigenvalue weighted by Gasteiger charge is -2.23. The predicted octanol–water partition coefficient (Wildman–Crippen LogP) is 0.223. The van der Waals surface area contributed by atoms with Crippen LogP contribution < -0.4 is 15.2 Å². The number of hydrogen-bond donors (Lipinski definition) is 1. The molecule has 1 saturated heterocycles. The Labute approximate surface area is 141 Å². The van der Waals surface area contributed by atoms with Crippen LogP contribution in [0.1, 0.15) is 12.5 Å². The SMILES string of the molecule is CC(=O)N1CCN(Cc2ccc3c(c2)OCCO3)C[C@@H](C(N)=O)C1. The van der Waals surface area contributed by atoms with Crippen molar-refractivity contribution in [2.24, 2.45) is 11.7 Å². The van der Waals surface area contributed by atoms with Crippen molar-refractivity contribution in [1.82, 2.24) is 9.80 Å². The number of rotatable bonds is 3. The van der Waals surface area contributed by atoms with Gasteiger partial charge in [-0.05, 0) is 17.7 Å². The van der Waals surface area contributed by atoms with Crippen LogP contribution in [-0.2, 0) is 16.1 Å². The summed E-state index contributed by atoms with van der Waals surface area (Å²) in [6.07, 6.45) is 0. The zero-order chi connectivity index (χ0) is 17.1. The van der Waals surface area contributed by atoms with E-state index in [-0.39, 0.29) is 17.7 Å². The first kappa shape index (κ1) is 16.6. The number of ether oxygens (including phenoxy) is 2. The van der Waals surface area contributed by atoms with Crippen molar-refractivity contribution in [1.29, 1.82) is 0 Å². The van der Waals surface area contributed by atoms with Gasteiger partial charge in [0.25, 0.3) is 0 Å². The van der Waals surface area contributed by atoms with Crippen LogP contribution in [0, 0.1) is 5.92 Å². The van der Waals surface area contributed by atoms with Crippen LogP contribution in [0.2, 0.25) is 0 Å². The van der Waals surface area contributed by atoms with Crippen molar-refractivity contribution in [2.75, 3.05) is 39.4 Å². The van der Waals surface area contributed by atoms with Crippen molar-refractivity contribution in [3.63, 3.8) is 0 Å². The molecular formula is C17H23N3O4. The van der Waals surface area contributed by atoms with Gasteiger partial charge in [0.1, 0.15) is 13.2 Å². The first-order valence-corrected chi connectivity index (χ1v) is 8.18. The molecule has 3 rings (SSSR count). The molecule has 2 N–H and O–H groups in total. The Hall–Kier alpha value is -2.28. The molecule has 2 aliphatic rings. The van der Waals surface area contributed by atoms with Crippen molar-refractivity contribution in [3.05, 3.63) is 23.8 Å². The standard InChI is InChI=1S/C17H23N3O4/c1-12(21)20-5-4-19(10-14(11-20)17(18)22)9-13-2-3-15-16(8-13)24-7-6-23-15/h2-3,8,14H,4-7,9-11H2,1H3,(H2,18,22)/t14-/m1/s1. The Balaban J connectivity index is 1.71. The van der Waals surface area contributed by atoms with Crippen molar-refractivity contribution in [3.8, 4) is 11.5 Å². The summed E-state index contributed by atoms with van der Waals surface area (Å²) in [6, 6.07) is 5.89. The Morgan fingerprint density at radius 2 is 1.92 bits per heavy atom. The van der Waals surface area contributed by atoms with Crippen molar-refractivity contribution >= 4 is 11.8 Å². The molecule has 0 aliphatic carbocycles. The van der Waals surface area contributed by atoms with Gasteiger partial charge in [0.2, 0.25) is 11.8 Å². The van der Waals surface area contributed by atoms with E-state index < -0.39 is 0 Å². The Kier molecular flexibility index (Phi) is 4.89. The normalized spacial score (nSPS) is 21.2. The molecule has 0 saturated carbocycles. The second-order valence-corrected chi connectivity index (χ2v) is 6.28. The number of carbonyl (C=O) groups is 2. The highest BCUT2D eigenvalue weighted by atomic mass is 16.6. The van der Waals surface area contributed by atoms with Gasteiger partial charge < -0.3 is 20.1 Å². The van der Waals surface area contributed by atoms with Crippen LogP contribution in [0.25, 0.3) is 0 Å². The van der Waals surface area contributed by atoms with Crippen molar-refractivity contribution in [2.45, 2.75) is 13.5 Å². The molecule has 2 aliphatic heterocycles. The topological polar surface area (TPSA) is 85.1 Å². The van der Waals surface area contributed by atoms with Crippen LogP contribution in [0.15, 0.2) is 18.2 Å². The average molecular weight is 333 g/mol. The quantitative estimate of drug-likeness (QED) is 0.855. The molecular weight excluding hydrogens is 310 g/mol. The predicted molar refractivity (Wildman–Crippen MR) is 87.6 cm³/mol. The first-order valence-electron chi connectivity index (χ1n) is 8.18. The zero-order valence-electron chi connectivity index (χ0n) is 13.9. The van der Waals surface area contributed by atoms with Gasteiger partial charge in [-0.25, -0.2) is 0 Å². The van der Waals surface area contributed by atoms with Gasteiger partial charge in [-0.15, -0.1) is 0 Å². The first-order chi connectivity index (χ1) is 11.5. The zero-order valence-corrected chi connectivity index (χ0v) is 13.9. The summed E-state index contributed by atoms with van der Waals surface area (Å²) >= 11 is 0. The third kappa shape index (κ3) is 3.79. The number of benzene rings is 1. The molecule has 2 heterocycles. The maximum Gasteiger partial charge on any atom is 0.223 e. The van der Waals surface area contributed by atoms with E-state index in [0.29, 0.717) is 45.9 Å². The molecule has 0 unspecified atom stereocenters. The Morgan fingerprint density at radius 3 is 2.62 bits per heavy atom. The summed E-state index contributed by atoms with van der Waals surface area (Å²) in [5, 5.41) is 0. The fraction of sp³-hybridized carbons (Fsp3) is 0.529. The second kappa shape index (κ2) is 7.09. The minimum absolute atomic E-state index is 0.0255.